The molecule has 0 bridgehead atoms. The zero-order valence-electron chi connectivity index (χ0n) is 7.21. The maximum absolute atomic E-state index is 10.9. The molecule has 0 spiro atoms. The third kappa shape index (κ3) is 1.71. The van der Waals surface area contributed by atoms with Crippen LogP contribution in [-0.2, 0) is 4.79 Å². The molecule has 1 fully saturated rings. The van der Waals surface area contributed by atoms with Gasteiger partial charge in [-0.15, -0.1) is 0 Å². The van der Waals surface area contributed by atoms with Crippen LogP contribution in [-0.4, -0.2) is 29.4 Å². The summed E-state index contributed by atoms with van der Waals surface area (Å²) in [5.74, 6) is -0.170. The van der Waals surface area contributed by atoms with Gasteiger partial charge in [0.15, 0.2) is 0 Å². The van der Waals surface area contributed by atoms with Crippen molar-refractivity contribution in [1.82, 2.24) is 4.90 Å². The molecule has 1 aliphatic heterocycles. The first-order valence-electron chi connectivity index (χ1n) is 4.18. The molecule has 0 aromatic carbocycles. The first-order chi connectivity index (χ1) is 5.13. The molecule has 11 heavy (non-hydrogen) atoms. The molecule has 2 N–H and O–H groups in total. The lowest BCUT2D eigenvalue weighted by atomic mass is 10.2. The number of rotatable bonds is 2. The van der Waals surface area contributed by atoms with Crippen LogP contribution in [0.2, 0.25) is 0 Å². The minimum atomic E-state index is -0.170. The van der Waals surface area contributed by atoms with E-state index in [1.807, 2.05) is 0 Å². The maximum Gasteiger partial charge on any atom is 0.234 e. The Kier molecular flexibility index (Phi) is 2.49. The minimum Gasteiger partial charge on any atom is -0.368 e. The van der Waals surface area contributed by atoms with E-state index in [1.165, 1.54) is 0 Å². The Balaban J connectivity index is 2.58. The third-order valence-corrected chi connectivity index (χ3v) is 2.29. The van der Waals surface area contributed by atoms with Gasteiger partial charge in [-0.1, -0.05) is 0 Å². The van der Waals surface area contributed by atoms with E-state index in [1.54, 1.807) is 0 Å². The molecule has 0 aromatic rings. The summed E-state index contributed by atoms with van der Waals surface area (Å²) in [6.45, 7) is 5.22. The smallest absolute Gasteiger partial charge is 0.234 e. The molecule has 0 unspecified atom stereocenters. The molecule has 1 atom stereocenters. The number of likely N-dealkylation sites (tertiary alicyclic amines) is 1. The fourth-order valence-corrected chi connectivity index (χ4v) is 1.71. The van der Waals surface area contributed by atoms with Crippen molar-refractivity contribution in [2.45, 2.75) is 38.8 Å². The number of hydrogen-bond donors (Lipinski definition) is 1. The topological polar surface area (TPSA) is 46.3 Å². The molecule has 0 radical (unpaired) electrons. The van der Waals surface area contributed by atoms with Gasteiger partial charge in [0.05, 0.1) is 6.04 Å². The minimum absolute atomic E-state index is 0.00463. The van der Waals surface area contributed by atoms with Crippen molar-refractivity contribution in [3.05, 3.63) is 0 Å². The Morgan fingerprint density at radius 3 is 2.64 bits per heavy atom. The molecular formula is C8H16N2O. The van der Waals surface area contributed by atoms with Gasteiger partial charge in [0.2, 0.25) is 5.91 Å². The van der Waals surface area contributed by atoms with E-state index in [-0.39, 0.29) is 11.9 Å². The lowest BCUT2D eigenvalue weighted by Crippen LogP contribution is -2.43. The number of carbonyl (C=O) groups excluding carboxylic acids is 1. The fourth-order valence-electron chi connectivity index (χ4n) is 1.71. The van der Waals surface area contributed by atoms with Gasteiger partial charge in [-0.05, 0) is 33.2 Å². The zero-order chi connectivity index (χ0) is 8.43. The average Bonchev–Trinajstić information content (AvgIpc) is 2.32. The summed E-state index contributed by atoms with van der Waals surface area (Å²) >= 11 is 0. The number of nitrogens with zero attached hydrogens (tertiary/aromatic N) is 1. The summed E-state index contributed by atoms with van der Waals surface area (Å²) < 4.78 is 0. The standard InChI is InChI=1S/C8H16N2O/c1-6(2)10-5-3-4-7(10)8(9)11/h6-7H,3-5H2,1-2H3,(H2,9,11)/t7-/m1/s1. The predicted octanol–water partition coefficient (Wildman–Crippen LogP) is 0.345. The van der Waals surface area contributed by atoms with Gasteiger partial charge in [0.1, 0.15) is 0 Å². The number of primary amides is 1. The van der Waals surface area contributed by atoms with Crippen molar-refractivity contribution in [2.75, 3.05) is 6.54 Å². The maximum atomic E-state index is 10.9. The second kappa shape index (κ2) is 3.22. The highest BCUT2D eigenvalue weighted by Gasteiger charge is 2.30. The average molecular weight is 156 g/mol. The third-order valence-electron chi connectivity index (χ3n) is 2.29. The van der Waals surface area contributed by atoms with Gasteiger partial charge in [-0.2, -0.15) is 0 Å². The molecular weight excluding hydrogens is 140 g/mol. The summed E-state index contributed by atoms with van der Waals surface area (Å²) in [5, 5.41) is 0. The molecule has 1 saturated heterocycles. The SMILES string of the molecule is CC(C)N1CCC[C@@H]1C(N)=O. The highest BCUT2D eigenvalue weighted by atomic mass is 16.1. The normalized spacial score (nSPS) is 26.3. The van der Waals surface area contributed by atoms with E-state index in [4.69, 9.17) is 5.73 Å². The lowest BCUT2D eigenvalue weighted by Gasteiger charge is -2.25. The van der Waals surface area contributed by atoms with Crippen molar-refractivity contribution in [1.29, 1.82) is 0 Å². The second-order valence-corrected chi connectivity index (χ2v) is 3.39. The highest BCUT2D eigenvalue weighted by molar-refractivity contribution is 5.80. The summed E-state index contributed by atoms with van der Waals surface area (Å²) in [4.78, 5) is 13.1. The Morgan fingerprint density at radius 1 is 1.64 bits per heavy atom. The van der Waals surface area contributed by atoms with E-state index in [2.05, 4.69) is 18.7 Å². The summed E-state index contributed by atoms with van der Waals surface area (Å²) in [6.07, 6.45) is 2.04. The number of nitrogens with two attached hydrogens (primary N) is 1. The highest BCUT2D eigenvalue weighted by Crippen LogP contribution is 2.18. The summed E-state index contributed by atoms with van der Waals surface area (Å²) in [7, 11) is 0. The monoisotopic (exact) mass is 156 g/mol. The van der Waals surface area contributed by atoms with Gasteiger partial charge in [0.25, 0.3) is 0 Å². The van der Waals surface area contributed by atoms with E-state index in [0.717, 1.165) is 19.4 Å². The molecule has 1 heterocycles. The van der Waals surface area contributed by atoms with Crippen LogP contribution in [0.25, 0.3) is 0 Å². The Morgan fingerprint density at radius 2 is 2.27 bits per heavy atom. The molecule has 1 aliphatic rings. The van der Waals surface area contributed by atoms with Crippen molar-refractivity contribution >= 4 is 5.91 Å². The van der Waals surface area contributed by atoms with Crippen LogP contribution < -0.4 is 5.73 Å². The van der Waals surface area contributed by atoms with E-state index < -0.39 is 0 Å². The van der Waals surface area contributed by atoms with Crippen molar-refractivity contribution in [2.24, 2.45) is 5.73 Å². The van der Waals surface area contributed by atoms with Gasteiger partial charge in [-0.25, -0.2) is 0 Å². The summed E-state index contributed by atoms with van der Waals surface area (Å²) in [6, 6.07) is 0.435. The van der Waals surface area contributed by atoms with E-state index in [9.17, 15) is 4.79 Å². The van der Waals surface area contributed by atoms with Crippen molar-refractivity contribution in [3.8, 4) is 0 Å². The molecule has 0 aromatic heterocycles. The zero-order valence-corrected chi connectivity index (χ0v) is 7.21. The van der Waals surface area contributed by atoms with Crippen LogP contribution in [0.4, 0.5) is 0 Å². The largest absolute Gasteiger partial charge is 0.368 e. The molecule has 64 valence electrons. The number of hydrogen-bond acceptors (Lipinski definition) is 2. The van der Waals surface area contributed by atoms with Gasteiger partial charge >= 0.3 is 0 Å². The molecule has 0 saturated carbocycles. The Bertz CT molecular complexity index is 156. The summed E-state index contributed by atoms with van der Waals surface area (Å²) in [5.41, 5.74) is 5.25. The quantitative estimate of drug-likeness (QED) is 0.627. The fraction of sp³-hybridized carbons (Fsp3) is 0.875. The van der Waals surface area contributed by atoms with Crippen molar-refractivity contribution < 1.29 is 4.79 Å². The van der Waals surface area contributed by atoms with Gasteiger partial charge < -0.3 is 5.73 Å². The van der Waals surface area contributed by atoms with Crippen LogP contribution in [0.15, 0.2) is 0 Å². The van der Waals surface area contributed by atoms with Crippen LogP contribution in [0.1, 0.15) is 26.7 Å². The number of amides is 1. The molecule has 1 rings (SSSR count). The van der Waals surface area contributed by atoms with Crippen molar-refractivity contribution in [3.63, 3.8) is 0 Å². The first kappa shape index (κ1) is 8.53. The Hall–Kier alpha value is -0.570. The van der Waals surface area contributed by atoms with Crippen LogP contribution in [0.5, 0.6) is 0 Å². The van der Waals surface area contributed by atoms with E-state index >= 15 is 0 Å². The van der Waals surface area contributed by atoms with E-state index in [0.29, 0.717) is 6.04 Å². The van der Waals surface area contributed by atoms with Gasteiger partial charge in [-0.3, -0.25) is 9.69 Å². The second-order valence-electron chi connectivity index (χ2n) is 3.39. The first-order valence-corrected chi connectivity index (χ1v) is 4.18. The van der Waals surface area contributed by atoms with Gasteiger partial charge in [0, 0.05) is 6.04 Å². The molecule has 1 amide bonds. The predicted molar refractivity (Wildman–Crippen MR) is 44.1 cm³/mol. The lowest BCUT2D eigenvalue weighted by molar-refractivity contribution is -0.122. The number of carbonyl (C=O) groups is 1. The molecule has 3 heteroatoms. The Labute approximate surface area is 67.5 Å². The van der Waals surface area contributed by atoms with Crippen LogP contribution in [0.3, 0.4) is 0 Å². The molecule has 3 nitrogen and oxygen atoms in total. The van der Waals surface area contributed by atoms with Crippen LogP contribution >= 0.6 is 0 Å². The molecule has 0 aliphatic carbocycles. The van der Waals surface area contributed by atoms with Crippen LogP contribution in [0, 0.1) is 0 Å².